The molecule has 1 aromatic rings. The topological polar surface area (TPSA) is 61.4 Å². The Morgan fingerprint density at radius 3 is 2.95 bits per heavy atom. The Morgan fingerprint density at radius 1 is 1.45 bits per heavy atom. The summed E-state index contributed by atoms with van der Waals surface area (Å²) in [4.78, 5) is 25.3. The number of likely N-dealkylation sites (N-methyl/N-ethyl adjacent to an activating group) is 1. The first-order chi connectivity index (χ1) is 9.61. The van der Waals surface area contributed by atoms with Crippen molar-refractivity contribution >= 4 is 23.2 Å². The van der Waals surface area contributed by atoms with Gasteiger partial charge in [0, 0.05) is 24.8 Å². The maximum absolute atomic E-state index is 12.4. The van der Waals surface area contributed by atoms with Crippen LogP contribution in [0.5, 0.6) is 0 Å². The number of hydrogen-bond donors (Lipinski definition) is 2. The van der Waals surface area contributed by atoms with Crippen LogP contribution in [0.1, 0.15) is 26.7 Å². The minimum Gasteiger partial charge on any atom is -0.326 e. The van der Waals surface area contributed by atoms with Gasteiger partial charge in [0.05, 0.1) is 6.04 Å². The Kier molecular flexibility index (Phi) is 4.74. The van der Waals surface area contributed by atoms with Crippen LogP contribution in [0, 0.1) is 0 Å². The first-order valence-corrected chi connectivity index (χ1v) is 7.04. The lowest BCUT2D eigenvalue weighted by atomic mass is 10.0. The highest BCUT2D eigenvalue weighted by Gasteiger charge is 2.28. The summed E-state index contributed by atoms with van der Waals surface area (Å²) in [6.45, 7) is 4.99. The normalized spacial score (nSPS) is 19.0. The molecule has 5 heteroatoms. The van der Waals surface area contributed by atoms with Gasteiger partial charge in [-0.15, -0.1) is 0 Å². The van der Waals surface area contributed by atoms with E-state index in [0.717, 1.165) is 31.6 Å². The Hall–Kier alpha value is -1.88. The number of nitrogens with one attached hydrogen (secondary N) is 2. The van der Waals surface area contributed by atoms with Crippen molar-refractivity contribution in [1.29, 1.82) is 0 Å². The molecule has 0 aliphatic carbocycles. The predicted octanol–water partition coefficient (Wildman–Crippen LogP) is 1.75. The van der Waals surface area contributed by atoms with Crippen LogP contribution in [-0.2, 0) is 9.59 Å². The zero-order chi connectivity index (χ0) is 14.5. The van der Waals surface area contributed by atoms with Crippen LogP contribution >= 0.6 is 0 Å². The van der Waals surface area contributed by atoms with Crippen molar-refractivity contribution < 1.29 is 9.59 Å². The van der Waals surface area contributed by atoms with Crippen molar-refractivity contribution in [2.75, 3.05) is 23.3 Å². The summed E-state index contributed by atoms with van der Waals surface area (Å²) in [5.74, 6) is -0.00396. The molecule has 5 nitrogen and oxygen atoms in total. The number of rotatable bonds is 4. The largest absolute Gasteiger partial charge is 0.326 e. The highest BCUT2D eigenvalue weighted by atomic mass is 16.2. The van der Waals surface area contributed by atoms with E-state index in [1.54, 1.807) is 4.90 Å². The average Bonchev–Trinajstić information content (AvgIpc) is 2.41. The van der Waals surface area contributed by atoms with E-state index in [0.29, 0.717) is 5.69 Å². The minimum absolute atomic E-state index is 0.0989. The lowest BCUT2D eigenvalue weighted by Gasteiger charge is -2.32. The first-order valence-electron chi connectivity index (χ1n) is 7.04. The number of amides is 2. The molecule has 0 bridgehead atoms. The van der Waals surface area contributed by atoms with Crippen LogP contribution in [0.4, 0.5) is 11.4 Å². The molecule has 1 aromatic carbocycles. The molecule has 2 N–H and O–H groups in total. The van der Waals surface area contributed by atoms with Crippen molar-refractivity contribution in [3.63, 3.8) is 0 Å². The molecule has 1 unspecified atom stereocenters. The second-order valence-electron chi connectivity index (χ2n) is 4.97. The maximum atomic E-state index is 12.4. The van der Waals surface area contributed by atoms with E-state index in [1.165, 1.54) is 6.92 Å². The molecule has 1 aliphatic heterocycles. The predicted molar refractivity (Wildman–Crippen MR) is 79.8 cm³/mol. The maximum Gasteiger partial charge on any atom is 0.244 e. The smallest absolute Gasteiger partial charge is 0.244 e. The lowest BCUT2D eigenvalue weighted by Crippen LogP contribution is -2.50. The van der Waals surface area contributed by atoms with Crippen molar-refractivity contribution in [3.05, 3.63) is 24.3 Å². The Morgan fingerprint density at radius 2 is 2.25 bits per heavy atom. The molecule has 1 atom stereocenters. The van der Waals surface area contributed by atoms with Crippen molar-refractivity contribution in [2.45, 2.75) is 32.7 Å². The second-order valence-corrected chi connectivity index (χ2v) is 4.97. The van der Waals surface area contributed by atoms with Gasteiger partial charge < -0.3 is 15.5 Å². The van der Waals surface area contributed by atoms with E-state index in [-0.39, 0.29) is 17.9 Å². The summed E-state index contributed by atoms with van der Waals surface area (Å²) in [6.07, 6.45) is 1.86. The third-order valence-corrected chi connectivity index (χ3v) is 3.37. The van der Waals surface area contributed by atoms with Gasteiger partial charge in [-0.3, -0.25) is 9.59 Å². The molecule has 1 aliphatic rings. The Labute approximate surface area is 119 Å². The molecule has 1 heterocycles. The molecule has 0 saturated carbocycles. The van der Waals surface area contributed by atoms with Crippen molar-refractivity contribution in [3.8, 4) is 0 Å². The molecule has 1 fully saturated rings. The van der Waals surface area contributed by atoms with Crippen LogP contribution in [0.25, 0.3) is 0 Å². The van der Waals surface area contributed by atoms with Gasteiger partial charge in [0.2, 0.25) is 11.8 Å². The third kappa shape index (κ3) is 3.36. The summed E-state index contributed by atoms with van der Waals surface area (Å²) in [6, 6.07) is 7.31. The van der Waals surface area contributed by atoms with Crippen molar-refractivity contribution in [2.24, 2.45) is 0 Å². The number of carbonyl (C=O) groups excluding carboxylic acids is 2. The van der Waals surface area contributed by atoms with Crippen LogP contribution in [0.2, 0.25) is 0 Å². The quantitative estimate of drug-likeness (QED) is 0.880. The zero-order valence-electron chi connectivity index (χ0n) is 12.0. The van der Waals surface area contributed by atoms with Gasteiger partial charge in [0.25, 0.3) is 0 Å². The van der Waals surface area contributed by atoms with Crippen LogP contribution in [0.15, 0.2) is 24.3 Å². The highest BCUT2D eigenvalue weighted by molar-refractivity contribution is 5.98. The summed E-state index contributed by atoms with van der Waals surface area (Å²) < 4.78 is 0. The molecule has 2 rings (SSSR count). The average molecular weight is 275 g/mol. The molecule has 0 aromatic heterocycles. The molecule has 0 spiro atoms. The molecule has 2 amide bonds. The molecule has 108 valence electrons. The molecular formula is C15H21N3O2. The van der Waals surface area contributed by atoms with E-state index in [2.05, 4.69) is 10.6 Å². The van der Waals surface area contributed by atoms with Gasteiger partial charge in [-0.05, 0) is 37.6 Å². The fourth-order valence-corrected chi connectivity index (χ4v) is 2.52. The second kappa shape index (κ2) is 6.52. The summed E-state index contributed by atoms with van der Waals surface area (Å²) in [5.41, 5.74) is 1.55. The summed E-state index contributed by atoms with van der Waals surface area (Å²) in [5, 5.41) is 5.96. The molecule has 1 saturated heterocycles. The van der Waals surface area contributed by atoms with E-state index in [9.17, 15) is 9.59 Å². The number of carbonyl (C=O) groups is 2. The van der Waals surface area contributed by atoms with E-state index in [4.69, 9.17) is 0 Å². The van der Waals surface area contributed by atoms with Gasteiger partial charge in [-0.1, -0.05) is 13.0 Å². The Bertz CT molecular complexity index is 500. The van der Waals surface area contributed by atoms with Gasteiger partial charge in [-0.25, -0.2) is 0 Å². The molecule has 0 radical (unpaired) electrons. The number of nitrogens with zero attached hydrogens (tertiary/aromatic N) is 1. The van der Waals surface area contributed by atoms with Gasteiger partial charge in [0.15, 0.2) is 0 Å². The lowest BCUT2D eigenvalue weighted by molar-refractivity contribution is -0.121. The van der Waals surface area contributed by atoms with Crippen LogP contribution in [0.3, 0.4) is 0 Å². The number of benzene rings is 1. The molecule has 20 heavy (non-hydrogen) atoms. The number of anilines is 2. The zero-order valence-corrected chi connectivity index (χ0v) is 12.0. The van der Waals surface area contributed by atoms with Crippen molar-refractivity contribution in [1.82, 2.24) is 5.32 Å². The van der Waals surface area contributed by atoms with Gasteiger partial charge in [-0.2, -0.15) is 0 Å². The van der Waals surface area contributed by atoms with Gasteiger partial charge in [0.1, 0.15) is 0 Å². The first kappa shape index (κ1) is 14.5. The van der Waals surface area contributed by atoms with Crippen LogP contribution in [-0.4, -0.2) is 30.9 Å². The number of piperidine rings is 1. The highest BCUT2D eigenvalue weighted by Crippen LogP contribution is 2.24. The van der Waals surface area contributed by atoms with E-state index < -0.39 is 0 Å². The van der Waals surface area contributed by atoms with E-state index >= 15 is 0 Å². The minimum atomic E-state index is -0.113. The summed E-state index contributed by atoms with van der Waals surface area (Å²) in [7, 11) is 0. The molecular weight excluding hydrogens is 254 g/mol. The Balaban J connectivity index is 2.17. The third-order valence-electron chi connectivity index (χ3n) is 3.37. The standard InChI is InChI=1S/C15H21N3O2/c1-3-16-14-8-5-9-18(15(14)20)13-7-4-6-12(10-13)17-11(2)19/h4,6-7,10,14,16H,3,5,8-9H2,1-2H3,(H,17,19). The van der Waals surface area contributed by atoms with E-state index in [1.807, 2.05) is 31.2 Å². The number of hydrogen-bond acceptors (Lipinski definition) is 3. The monoisotopic (exact) mass is 275 g/mol. The van der Waals surface area contributed by atoms with Gasteiger partial charge >= 0.3 is 0 Å². The fraction of sp³-hybridized carbons (Fsp3) is 0.467. The fourth-order valence-electron chi connectivity index (χ4n) is 2.52. The summed E-state index contributed by atoms with van der Waals surface area (Å²) >= 11 is 0. The van der Waals surface area contributed by atoms with Crippen LogP contribution < -0.4 is 15.5 Å². The SMILES string of the molecule is CCNC1CCCN(c2cccc(NC(C)=O)c2)C1=O.